The van der Waals surface area contributed by atoms with Crippen molar-refractivity contribution in [1.82, 2.24) is 4.90 Å². The highest BCUT2D eigenvalue weighted by Crippen LogP contribution is 2.25. The summed E-state index contributed by atoms with van der Waals surface area (Å²) in [4.78, 5) is 24.1. The number of anilines is 1. The summed E-state index contributed by atoms with van der Waals surface area (Å²) in [6, 6.07) is 2.00. The third-order valence-electron chi connectivity index (χ3n) is 3.00. The second-order valence-corrected chi connectivity index (χ2v) is 5.30. The number of likely N-dealkylation sites (tertiary alicyclic amines) is 1. The number of β-amino-alcohol motifs (C(OH)–C–C–N with tert-alkyl or cyclic N) is 1. The number of hydrogen-bond acceptors (Lipinski definition) is 3. The highest BCUT2D eigenvalue weighted by molar-refractivity contribution is 9.10. The van der Waals surface area contributed by atoms with Gasteiger partial charge in [0, 0.05) is 17.4 Å². The van der Waals surface area contributed by atoms with Crippen LogP contribution in [-0.4, -0.2) is 45.8 Å². The van der Waals surface area contributed by atoms with E-state index < -0.39 is 30.0 Å². The first-order chi connectivity index (χ1) is 9.38. The van der Waals surface area contributed by atoms with Gasteiger partial charge in [-0.3, -0.25) is 0 Å². The van der Waals surface area contributed by atoms with Crippen LogP contribution < -0.4 is 5.32 Å². The summed E-state index contributed by atoms with van der Waals surface area (Å²) < 4.78 is 13.3. The molecule has 2 rings (SSSR count). The Bertz CT molecular complexity index is 554. The average molecular weight is 347 g/mol. The fourth-order valence-corrected chi connectivity index (χ4v) is 2.50. The van der Waals surface area contributed by atoms with Gasteiger partial charge in [0.2, 0.25) is 0 Å². The first kappa shape index (κ1) is 14.7. The molecule has 0 aliphatic carbocycles. The van der Waals surface area contributed by atoms with Gasteiger partial charge in [-0.05, 0) is 34.1 Å². The molecular weight excluding hydrogens is 335 g/mol. The maximum atomic E-state index is 12.9. The van der Waals surface area contributed by atoms with E-state index in [1.165, 1.54) is 18.2 Å². The number of benzene rings is 1. The zero-order valence-electron chi connectivity index (χ0n) is 10.2. The topological polar surface area (TPSA) is 89.9 Å². The summed E-state index contributed by atoms with van der Waals surface area (Å²) in [5, 5.41) is 21.0. The molecule has 0 unspecified atom stereocenters. The van der Waals surface area contributed by atoms with Gasteiger partial charge in [0.1, 0.15) is 11.9 Å². The number of carbonyl (C=O) groups is 2. The van der Waals surface area contributed by atoms with E-state index in [-0.39, 0.29) is 13.0 Å². The van der Waals surface area contributed by atoms with Gasteiger partial charge >= 0.3 is 12.0 Å². The summed E-state index contributed by atoms with van der Waals surface area (Å²) in [6.07, 6.45) is -0.869. The van der Waals surface area contributed by atoms with Crippen LogP contribution in [0.1, 0.15) is 6.42 Å². The number of aliphatic hydroxyl groups excluding tert-OH is 1. The summed E-state index contributed by atoms with van der Waals surface area (Å²) in [7, 11) is 0. The van der Waals surface area contributed by atoms with Gasteiger partial charge in [0.25, 0.3) is 0 Å². The molecule has 0 aromatic heterocycles. The predicted molar refractivity (Wildman–Crippen MR) is 71.9 cm³/mol. The Morgan fingerprint density at radius 2 is 2.15 bits per heavy atom. The number of nitrogens with zero attached hydrogens (tertiary/aromatic N) is 1. The molecule has 0 radical (unpaired) electrons. The molecule has 108 valence electrons. The molecule has 1 aliphatic rings. The highest BCUT2D eigenvalue weighted by atomic mass is 79.9. The largest absolute Gasteiger partial charge is 0.480 e. The van der Waals surface area contributed by atoms with E-state index in [4.69, 9.17) is 5.11 Å². The predicted octanol–water partition coefficient (Wildman–Crippen LogP) is 1.64. The highest BCUT2D eigenvalue weighted by Gasteiger charge is 2.39. The van der Waals surface area contributed by atoms with Crippen LogP contribution in [0.2, 0.25) is 0 Å². The number of carbonyl (C=O) groups excluding carboxylic acids is 1. The van der Waals surface area contributed by atoms with Crippen LogP contribution in [0.15, 0.2) is 22.7 Å². The van der Waals surface area contributed by atoms with E-state index in [1.807, 2.05) is 0 Å². The van der Waals surface area contributed by atoms with Crippen molar-refractivity contribution in [2.45, 2.75) is 18.6 Å². The minimum absolute atomic E-state index is 0.00661. The molecule has 2 atom stereocenters. The van der Waals surface area contributed by atoms with Crippen LogP contribution in [-0.2, 0) is 4.79 Å². The number of aliphatic hydroxyl groups is 1. The Labute approximate surface area is 122 Å². The van der Waals surface area contributed by atoms with E-state index in [9.17, 15) is 19.1 Å². The van der Waals surface area contributed by atoms with Gasteiger partial charge in [-0.25, -0.2) is 14.0 Å². The fraction of sp³-hybridized carbons (Fsp3) is 0.333. The second kappa shape index (κ2) is 5.76. The smallest absolute Gasteiger partial charge is 0.326 e. The van der Waals surface area contributed by atoms with Crippen LogP contribution in [0.4, 0.5) is 14.9 Å². The molecule has 0 saturated carbocycles. The van der Waals surface area contributed by atoms with E-state index >= 15 is 0 Å². The number of urea groups is 1. The first-order valence-corrected chi connectivity index (χ1v) is 6.61. The second-order valence-electron chi connectivity index (χ2n) is 4.45. The maximum Gasteiger partial charge on any atom is 0.326 e. The van der Waals surface area contributed by atoms with Crippen LogP contribution in [0.5, 0.6) is 0 Å². The number of hydrogen-bond donors (Lipinski definition) is 3. The Morgan fingerprint density at radius 3 is 2.75 bits per heavy atom. The minimum Gasteiger partial charge on any atom is -0.480 e. The Morgan fingerprint density at radius 1 is 1.45 bits per heavy atom. The van der Waals surface area contributed by atoms with Gasteiger partial charge in [0.15, 0.2) is 0 Å². The molecule has 3 N–H and O–H groups in total. The lowest BCUT2D eigenvalue weighted by atomic mass is 10.2. The Hall–Kier alpha value is -1.67. The molecule has 1 aromatic carbocycles. The fourth-order valence-electron chi connectivity index (χ4n) is 2.05. The van der Waals surface area contributed by atoms with Crippen molar-refractivity contribution < 1.29 is 24.2 Å². The van der Waals surface area contributed by atoms with Crippen molar-refractivity contribution in [2.75, 3.05) is 11.9 Å². The van der Waals surface area contributed by atoms with Gasteiger partial charge in [-0.15, -0.1) is 0 Å². The van der Waals surface area contributed by atoms with Crippen LogP contribution in [0.25, 0.3) is 0 Å². The van der Waals surface area contributed by atoms with Crippen LogP contribution in [0.3, 0.4) is 0 Å². The number of carboxylic acid groups (broad SMARTS) is 1. The molecule has 0 spiro atoms. The molecule has 8 heteroatoms. The monoisotopic (exact) mass is 346 g/mol. The lowest BCUT2D eigenvalue weighted by Gasteiger charge is -2.21. The number of rotatable bonds is 2. The molecule has 1 aliphatic heterocycles. The lowest BCUT2D eigenvalue weighted by Crippen LogP contribution is -2.43. The molecule has 1 aromatic rings. The molecule has 6 nitrogen and oxygen atoms in total. The zero-order valence-corrected chi connectivity index (χ0v) is 11.8. The normalized spacial score (nSPS) is 21.9. The van der Waals surface area contributed by atoms with Crippen molar-refractivity contribution >= 4 is 33.6 Å². The van der Waals surface area contributed by atoms with E-state index in [2.05, 4.69) is 21.2 Å². The van der Waals surface area contributed by atoms with Gasteiger partial charge in [0.05, 0.1) is 11.8 Å². The summed E-state index contributed by atoms with van der Waals surface area (Å²) in [5.41, 5.74) is 0.321. The summed E-state index contributed by atoms with van der Waals surface area (Å²) >= 11 is 3.10. The average Bonchev–Trinajstić information content (AvgIpc) is 2.75. The van der Waals surface area contributed by atoms with Crippen molar-refractivity contribution in [3.05, 3.63) is 28.5 Å². The summed E-state index contributed by atoms with van der Waals surface area (Å²) in [6.45, 7) is -0.0540. The lowest BCUT2D eigenvalue weighted by molar-refractivity contribution is -0.141. The standard InChI is InChI=1S/C12H12BrFN2O4/c13-8-3-6(14)1-2-9(8)15-12(20)16-5-7(17)4-10(16)11(18)19/h1-3,7,10,17H,4-5H2,(H,15,20)(H,18,19)/t7-,10-/m0/s1. The molecule has 1 heterocycles. The number of amides is 2. The maximum absolute atomic E-state index is 12.9. The number of aliphatic carboxylic acids is 1. The third-order valence-corrected chi connectivity index (χ3v) is 3.65. The van der Waals surface area contributed by atoms with E-state index in [1.54, 1.807) is 0 Å². The van der Waals surface area contributed by atoms with Gasteiger partial charge < -0.3 is 20.4 Å². The quantitative estimate of drug-likeness (QED) is 0.759. The Kier molecular flexibility index (Phi) is 4.24. The van der Waals surface area contributed by atoms with E-state index in [0.717, 1.165) is 4.90 Å². The molecular formula is C12H12BrFN2O4. The number of nitrogens with one attached hydrogen (secondary N) is 1. The molecule has 1 saturated heterocycles. The van der Waals surface area contributed by atoms with Crippen molar-refractivity contribution in [3.63, 3.8) is 0 Å². The van der Waals surface area contributed by atoms with E-state index in [0.29, 0.717) is 10.2 Å². The first-order valence-electron chi connectivity index (χ1n) is 5.82. The number of carboxylic acids is 1. The van der Waals surface area contributed by atoms with Gasteiger partial charge in [-0.1, -0.05) is 0 Å². The number of halogens is 2. The third kappa shape index (κ3) is 3.07. The van der Waals surface area contributed by atoms with Crippen molar-refractivity contribution in [2.24, 2.45) is 0 Å². The molecule has 1 fully saturated rings. The van der Waals surface area contributed by atoms with Gasteiger partial charge in [-0.2, -0.15) is 0 Å². The molecule has 20 heavy (non-hydrogen) atoms. The molecule has 0 bridgehead atoms. The Balaban J connectivity index is 2.13. The van der Waals surface area contributed by atoms with Crippen LogP contribution in [0, 0.1) is 5.82 Å². The zero-order chi connectivity index (χ0) is 14.9. The minimum atomic E-state index is -1.17. The SMILES string of the molecule is O=C(O)[C@@H]1C[C@H](O)CN1C(=O)Nc1ccc(F)cc1Br. The van der Waals surface area contributed by atoms with Crippen molar-refractivity contribution in [1.29, 1.82) is 0 Å². The van der Waals surface area contributed by atoms with Crippen LogP contribution >= 0.6 is 15.9 Å². The molecule has 2 amide bonds. The van der Waals surface area contributed by atoms with Crippen molar-refractivity contribution in [3.8, 4) is 0 Å². The summed E-state index contributed by atoms with van der Waals surface area (Å²) in [5.74, 6) is -1.63.